The Morgan fingerprint density at radius 2 is 1.96 bits per heavy atom. The van der Waals surface area contributed by atoms with Crippen LogP contribution in [0.1, 0.15) is 19.4 Å². The normalized spacial score (nSPS) is 21.6. The van der Waals surface area contributed by atoms with Crippen LogP contribution in [-0.2, 0) is 15.1 Å². The van der Waals surface area contributed by atoms with Crippen LogP contribution in [0.2, 0.25) is 0 Å². The fourth-order valence-electron chi connectivity index (χ4n) is 2.47. The maximum atomic E-state index is 13.1. The summed E-state index contributed by atoms with van der Waals surface area (Å²) in [7, 11) is 1.57. The summed E-state index contributed by atoms with van der Waals surface area (Å²) in [4.78, 5) is 39.3. The van der Waals surface area contributed by atoms with E-state index in [0.29, 0.717) is 5.56 Å². The van der Waals surface area contributed by atoms with Crippen LogP contribution in [0.5, 0.6) is 0 Å². The van der Waals surface area contributed by atoms with Crippen molar-refractivity contribution in [3.63, 3.8) is 0 Å². The summed E-state index contributed by atoms with van der Waals surface area (Å²) in [6.07, 6.45) is 0. The number of nitrogens with zero attached hydrogens (tertiary/aromatic N) is 2. The summed E-state index contributed by atoms with van der Waals surface area (Å²) in [6.45, 7) is 3.20. The van der Waals surface area contributed by atoms with Crippen LogP contribution in [-0.4, -0.2) is 53.8 Å². The van der Waals surface area contributed by atoms with Gasteiger partial charge in [-0.05, 0) is 31.5 Å². The lowest BCUT2D eigenvalue weighted by molar-refractivity contribution is -0.139. The highest BCUT2D eigenvalue weighted by atomic mass is 19.1. The van der Waals surface area contributed by atoms with E-state index in [1.54, 1.807) is 14.0 Å². The van der Waals surface area contributed by atoms with E-state index < -0.39 is 23.3 Å². The Balaban J connectivity index is 2.20. The van der Waals surface area contributed by atoms with Crippen molar-refractivity contribution >= 4 is 17.8 Å². The van der Waals surface area contributed by atoms with Gasteiger partial charge in [0.05, 0.1) is 0 Å². The van der Waals surface area contributed by atoms with E-state index in [9.17, 15) is 18.8 Å². The number of nitrogens with two attached hydrogens (primary N) is 1. The van der Waals surface area contributed by atoms with Crippen LogP contribution in [0.3, 0.4) is 0 Å². The molecule has 0 saturated carbocycles. The topological polar surface area (TPSA) is 95.7 Å². The molecule has 1 aliphatic rings. The summed E-state index contributed by atoms with van der Waals surface area (Å²) in [5.41, 5.74) is 4.64. The first-order chi connectivity index (χ1) is 11.2. The Morgan fingerprint density at radius 3 is 2.50 bits per heavy atom. The number of halogens is 1. The first-order valence-electron chi connectivity index (χ1n) is 7.56. The van der Waals surface area contributed by atoms with Gasteiger partial charge >= 0.3 is 6.03 Å². The average Bonchev–Trinajstić information content (AvgIpc) is 2.78. The minimum Gasteiger partial charge on any atom is -0.340 e. The van der Waals surface area contributed by atoms with Gasteiger partial charge in [0.15, 0.2) is 0 Å². The predicted octanol–water partition coefficient (Wildman–Crippen LogP) is 0.398. The van der Waals surface area contributed by atoms with Crippen molar-refractivity contribution in [3.8, 4) is 0 Å². The molecule has 1 aromatic carbocycles. The van der Waals surface area contributed by atoms with Crippen molar-refractivity contribution in [3.05, 3.63) is 35.6 Å². The molecule has 7 nitrogen and oxygen atoms in total. The zero-order valence-electron chi connectivity index (χ0n) is 13.9. The maximum absolute atomic E-state index is 13.1. The molecule has 1 fully saturated rings. The third kappa shape index (κ3) is 3.09. The lowest BCUT2D eigenvalue weighted by Gasteiger charge is -2.26. The minimum absolute atomic E-state index is 0.207. The first-order valence-corrected chi connectivity index (χ1v) is 7.56. The van der Waals surface area contributed by atoms with Crippen LogP contribution in [0.15, 0.2) is 24.3 Å². The molecule has 3 N–H and O–H groups in total. The fourth-order valence-corrected chi connectivity index (χ4v) is 2.47. The summed E-state index contributed by atoms with van der Waals surface area (Å²) in [5, 5.41) is 2.57. The molecular formula is C16H21FN4O3. The fraction of sp³-hybridized carbons (Fsp3) is 0.438. The Hall–Kier alpha value is -2.48. The van der Waals surface area contributed by atoms with E-state index in [0.717, 1.165) is 4.90 Å². The molecule has 2 unspecified atom stereocenters. The smallest absolute Gasteiger partial charge is 0.325 e. The lowest BCUT2D eigenvalue weighted by atomic mass is 9.92. The Labute approximate surface area is 139 Å². The highest BCUT2D eigenvalue weighted by Crippen LogP contribution is 2.28. The predicted molar refractivity (Wildman–Crippen MR) is 85.3 cm³/mol. The molecular weight excluding hydrogens is 315 g/mol. The SMILES string of the molecule is CC(CN)N(C)C(=O)CN1C(=O)NC(C)(c2ccc(F)cc2)C1=O. The highest BCUT2D eigenvalue weighted by molar-refractivity contribution is 6.09. The first kappa shape index (κ1) is 17.9. The molecule has 0 radical (unpaired) electrons. The molecule has 0 spiro atoms. The number of benzene rings is 1. The third-order valence-corrected chi connectivity index (χ3v) is 4.39. The largest absolute Gasteiger partial charge is 0.340 e. The van der Waals surface area contributed by atoms with Crippen molar-refractivity contribution in [2.45, 2.75) is 25.4 Å². The van der Waals surface area contributed by atoms with E-state index >= 15 is 0 Å². The van der Waals surface area contributed by atoms with E-state index in [1.165, 1.54) is 36.1 Å². The van der Waals surface area contributed by atoms with Crippen molar-refractivity contribution < 1.29 is 18.8 Å². The molecule has 2 atom stereocenters. The number of hydrogen-bond acceptors (Lipinski definition) is 4. The number of hydrogen-bond donors (Lipinski definition) is 2. The van der Waals surface area contributed by atoms with Gasteiger partial charge in [-0.2, -0.15) is 0 Å². The van der Waals surface area contributed by atoms with Gasteiger partial charge in [-0.3, -0.25) is 14.5 Å². The zero-order valence-corrected chi connectivity index (χ0v) is 13.9. The number of imide groups is 1. The molecule has 8 heteroatoms. The molecule has 1 saturated heterocycles. The molecule has 0 bridgehead atoms. The van der Waals surface area contributed by atoms with Crippen LogP contribution < -0.4 is 11.1 Å². The van der Waals surface area contributed by atoms with Gasteiger partial charge in [-0.1, -0.05) is 12.1 Å². The molecule has 1 heterocycles. The molecule has 0 aromatic heterocycles. The van der Waals surface area contributed by atoms with Crippen molar-refractivity contribution in [1.82, 2.24) is 15.1 Å². The van der Waals surface area contributed by atoms with Crippen LogP contribution in [0.4, 0.5) is 9.18 Å². The van der Waals surface area contributed by atoms with Gasteiger partial charge in [0.1, 0.15) is 17.9 Å². The van der Waals surface area contributed by atoms with Crippen molar-refractivity contribution in [2.24, 2.45) is 5.73 Å². The second kappa shape index (κ2) is 6.56. The second-order valence-electron chi connectivity index (χ2n) is 6.04. The molecule has 2 rings (SSSR count). The van der Waals surface area contributed by atoms with E-state index in [2.05, 4.69) is 5.32 Å². The standard InChI is InChI=1S/C16H21FN4O3/c1-10(8-18)20(3)13(22)9-21-14(23)16(2,19-15(21)24)11-4-6-12(17)7-5-11/h4-7,10H,8-9,18H2,1-3H3,(H,19,24). The van der Waals surface area contributed by atoms with Crippen LogP contribution >= 0.6 is 0 Å². The Kier molecular flexibility index (Phi) is 4.88. The number of rotatable bonds is 5. The molecule has 24 heavy (non-hydrogen) atoms. The number of carbonyl (C=O) groups is 3. The number of likely N-dealkylation sites (N-methyl/N-ethyl adjacent to an activating group) is 1. The van der Waals surface area contributed by atoms with E-state index in [1.807, 2.05) is 0 Å². The van der Waals surface area contributed by atoms with E-state index in [4.69, 9.17) is 5.73 Å². The number of nitrogens with one attached hydrogen (secondary N) is 1. The van der Waals surface area contributed by atoms with Crippen molar-refractivity contribution in [2.75, 3.05) is 20.1 Å². The monoisotopic (exact) mass is 336 g/mol. The second-order valence-corrected chi connectivity index (χ2v) is 6.04. The molecule has 0 aliphatic carbocycles. The molecule has 130 valence electrons. The lowest BCUT2D eigenvalue weighted by Crippen LogP contribution is -2.47. The van der Waals surface area contributed by atoms with E-state index in [-0.39, 0.29) is 25.0 Å². The van der Waals surface area contributed by atoms with Gasteiger partial charge in [-0.15, -0.1) is 0 Å². The Bertz CT molecular complexity index is 664. The highest BCUT2D eigenvalue weighted by Gasteiger charge is 2.49. The third-order valence-electron chi connectivity index (χ3n) is 4.39. The maximum Gasteiger partial charge on any atom is 0.325 e. The molecule has 1 aromatic rings. The number of carbonyl (C=O) groups excluding carboxylic acids is 3. The average molecular weight is 336 g/mol. The number of urea groups is 1. The summed E-state index contributed by atoms with van der Waals surface area (Å²) >= 11 is 0. The van der Waals surface area contributed by atoms with Crippen LogP contribution in [0, 0.1) is 5.82 Å². The van der Waals surface area contributed by atoms with Gasteiger partial charge < -0.3 is 16.0 Å². The number of amides is 4. The quantitative estimate of drug-likeness (QED) is 0.761. The summed E-state index contributed by atoms with van der Waals surface area (Å²) < 4.78 is 13.1. The molecule has 4 amide bonds. The summed E-state index contributed by atoms with van der Waals surface area (Å²) in [6, 6.07) is 4.42. The minimum atomic E-state index is -1.33. The Morgan fingerprint density at radius 1 is 1.38 bits per heavy atom. The van der Waals surface area contributed by atoms with Crippen LogP contribution in [0.25, 0.3) is 0 Å². The zero-order chi connectivity index (χ0) is 18.1. The van der Waals surface area contributed by atoms with Gasteiger partial charge in [-0.25, -0.2) is 9.18 Å². The van der Waals surface area contributed by atoms with Crippen molar-refractivity contribution in [1.29, 1.82) is 0 Å². The van der Waals surface area contributed by atoms with Gasteiger partial charge in [0, 0.05) is 19.6 Å². The van der Waals surface area contributed by atoms with Gasteiger partial charge in [0.2, 0.25) is 5.91 Å². The summed E-state index contributed by atoms with van der Waals surface area (Å²) in [5.74, 6) is -1.38. The van der Waals surface area contributed by atoms with Gasteiger partial charge in [0.25, 0.3) is 5.91 Å². The molecule has 1 aliphatic heterocycles.